The molecule has 1 unspecified atom stereocenters. The predicted octanol–water partition coefficient (Wildman–Crippen LogP) is 3.78. The van der Waals surface area contributed by atoms with Crippen LogP contribution in [0.1, 0.15) is 76.5 Å². The van der Waals surface area contributed by atoms with E-state index in [2.05, 4.69) is 64.4 Å². The van der Waals surface area contributed by atoms with Crippen molar-refractivity contribution in [2.24, 2.45) is 5.92 Å². The number of piperazine rings is 1. The van der Waals surface area contributed by atoms with E-state index in [0.29, 0.717) is 41.9 Å². The van der Waals surface area contributed by atoms with Gasteiger partial charge in [0, 0.05) is 111 Å². The van der Waals surface area contributed by atoms with Crippen molar-refractivity contribution in [2.45, 2.75) is 57.2 Å². The topological polar surface area (TPSA) is 150 Å². The summed E-state index contributed by atoms with van der Waals surface area (Å²) >= 11 is 0. The van der Waals surface area contributed by atoms with Gasteiger partial charge in [-0.3, -0.25) is 34.3 Å². The minimum atomic E-state index is -0.608. The Labute approximate surface area is 320 Å². The molecule has 55 heavy (non-hydrogen) atoms. The lowest BCUT2D eigenvalue weighted by atomic mass is 9.95. The summed E-state index contributed by atoms with van der Waals surface area (Å²) in [7, 11) is 2.16. The van der Waals surface area contributed by atoms with Crippen LogP contribution in [-0.4, -0.2) is 119 Å². The number of likely N-dealkylation sites (tertiary alicyclic amines) is 1. The van der Waals surface area contributed by atoms with Crippen LogP contribution in [0.25, 0.3) is 10.9 Å². The highest BCUT2D eigenvalue weighted by molar-refractivity contribution is 6.06. The van der Waals surface area contributed by atoms with Crippen molar-refractivity contribution < 1.29 is 19.2 Å². The van der Waals surface area contributed by atoms with Crippen LogP contribution < -0.4 is 20.4 Å². The number of hydrogen-bond acceptors (Lipinski definition) is 10. The lowest BCUT2D eigenvalue weighted by Gasteiger charge is -2.40. The largest absolute Gasteiger partial charge is 0.369 e. The molecule has 1 aromatic carbocycles. The van der Waals surface area contributed by atoms with Crippen LogP contribution >= 0.6 is 0 Å². The van der Waals surface area contributed by atoms with Gasteiger partial charge in [-0.25, -0.2) is 9.97 Å². The molecule has 0 bridgehead atoms. The number of aromatic nitrogens is 3. The van der Waals surface area contributed by atoms with Crippen molar-refractivity contribution in [3.8, 4) is 0 Å². The zero-order chi connectivity index (χ0) is 37.6. The number of fused-ring (bicyclic) bond motifs is 2. The molecule has 4 aromatic rings. The molecule has 14 nitrogen and oxygen atoms in total. The standard InChI is InChI=1S/C41H48N10O4/c1-47-13-3-6-34(47)32-20-28-23-42-36(21-31(28)44-32)45-39(53)27-7-9-37(43-22-27)50-14-11-26(12-15-50)24-48-16-18-49(19-17-48)33-5-2-4-29-30(33)25-51(41(29)55)35-8-10-38(52)46-40(35)54/h2,4-5,7,9,20-23,26,34-35,44H,3,6,8,10-19,24-25H2,1H3,(H,42,45,53)(H,46,52,54)/t34-,35?/m1/s1. The summed E-state index contributed by atoms with van der Waals surface area (Å²) in [6.07, 6.45) is 8.59. The Bertz CT molecular complexity index is 2120. The molecule has 0 aliphatic carbocycles. The number of carbonyl (C=O) groups excluding carboxylic acids is 4. The van der Waals surface area contributed by atoms with E-state index in [4.69, 9.17) is 0 Å². The van der Waals surface area contributed by atoms with Gasteiger partial charge in [0.1, 0.15) is 17.7 Å². The number of nitrogens with one attached hydrogen (secondary N) is 3. The van der Waals surface area contributed by atoms with Crippen molar-refractivity contribution in [2.75, 3.05) is 74.5 Å². The van der Waals surface area contributed by atoms with Gasteiger partial charge in [-0.2, -0.15) is 0 Å². The number of anilines is 3. The Kier molecular flexibility index (Phi) is 9.46. The lowest BCUT2D eigenvalue weighted by Crippen LogP contribution is -2.52. The number of H-pyrrole nitrogens is 1. The number of nitrogens with zero attached hydrogens (tertiary/aromatic N) is 7. The first-order valence-electron chi connectivity index (χ1n) is 19.7. The van der Waals surface area contributed by atoms with E-state index in [0.717, 1.165) is 99.6 Å². The van der Waals surface area contributed by atoms with Crippen LogP contribution in [0.5, 0.6) is 0 Å². The average Bonchev–Trinajstić information content (AvgIpc) is 3.92. The highest BCUT2D eigenvalue weighted by Crippen LogP contribution is 2.35. The van der Waals surface area contributed by atoms with E-state index in [1.54, 1.807) is 11.1 Å². The third-order valence-electron chi connectivity index (χ3n) is 12.4. The summed E-state index contributed by atoms with van der Waals surface area (Å²) in [5.74, 6) is 0.989. The normalized spacial score (nSPS) is 22.8. The van der Waals surface area contributed by atoms with Crippen LogP contribution in [0.4, 0.5) is 17.3 Å². The Morgan fingerprint density at radius 2 is 1.71 bits per heavy atom. The summed E-state index contributed by atoms with van der Waals surface area (Å²) < 4.78 is 0. The second kappa shape index (κ2) is 14.7. The SMILES string of the molecule is CN1CCC[C@@H]1c1cc2cnc(NC(=O)c3ccc(N4CCC(CN5CCN(c6cccc7c6CN(C6CCC(=O)NC6=O)C7=O)CC5)CC4)nc3)cc2[nH]1. The number of piperidine rings is 2. The minimum Gasteiger partial charge on any atom is -0.369 e. The fraction of sp³-hybridized carbons (Fsp3) is 0.463. The number of imide groups is 1. The molecular formula is C41H48N10O4. The molecular weight excluding hydrogens is 697 g/mol. The predicted molar refractivity (Wildman–Crippen MR) is 209 cm³/mol. The number of pyridine rings is 2. The molecule has 9 rings (SSSR count). The number of aromatic amines is 1. The maximum absolute atomic E-state index is 13.3. The third-order valence-corrected chi connectivity index (χ3v) is 12.4. The van der Waals surface area contributed by atoms with Crippen molar-refractivity contribution >= 4 is 51.9 Å². The first-order valence-corrected chi connectivity index (χ1v) is 19.7. The number of amides is 4. The van der Waals surface area contributed by atoms with E-state index < -0.39 is 6.04 Å². The summed E-state index contributed by atoms with van der Waals surface area (Å²) in [5, 5.41) is 6.38. The molecule has 14 heteroatoms. The van der Waals surface area contributed by atoms with Crippen molar-refractivity contribution in [1.29, 1.82) is 0 Å². The van der Waals surface area contributed by atoms with Gasteiger partial charge in [-0.15, -0.1) is 0 Å². The molecule has 0 spiro atoms. The molecule has 4 amide bonds. The van der Waals surface area contributed by atoms with Crippen molar-refractivity contribution in [3.63, 3.8) is 0 Å². The summed E-state index contributed by atoms with van der Waals surface area (Å²) in [4.78, 5) is 74.6. The molecule has 5 aliphatic heterocycles. The number of carbonyl (C=O) groups is 4. The quantitative estimate of drug-likeness (QED) is 0.228. The molecule has 3 aromatic heterocycles. The van der Waals surface area contributed by atoms with E-state index in [9.17, 15) is 19.2 Å². The third kappa shape index (κ3) is 7.04. The Morgan fingerprint density at radius 1 is 0.873 bits per heavy atom. The molecule has 286 valence electrons. The first kappa shape index (κ1) is 35.4. The van der Waals surface area contributed by atoms with Gasteiger partial charge in [0.05, 0.1) is 11.1 Å². The number of benzene rings is 1. The zero-order valence-corrected chi connectivity index (χ0v) is 31.3. The Morgan fingerprint density at radius 3 is 2.45 bits per heavy atom. The van der Waals surface area contributed by atoms with E-state index in [1.807, 2.05) is 36.5 Å². The lowest BCUT2D eigenvalue weighted by molar-refractivity contribution is -0.136. The molecule has 4 fully saturated rings. The van der Waals surface area contributed by atoms with Gasteiger partial charge < -0.3 is 25.0 Å². The van der Waals surface area contributed by atoms with Gasteiger partial charge in [0.2, 0.25) is 11.8 Å². The van der Waals surface area contributed by atoms with E-state index >= 15 is 0 Å². The van der Waals surface area contributed by atoms with Gasteiger partial charge in [0.15, 0.2) is 0 Å². The van der Waals surface area contributed by atoms with E-state index in [-0.39, 0.29) is 30.0 Å². The summed E-state index contributed by atoms with van der Waals surface area (Å²) in [5.41, 5.74) is 5.37. The van der Waals surface area contributed by atoms with E-state index in [1.165, 1.54) is 12.1 Å². The number of rotatable bonds is 8. The summed E-state index contributed by atoms with van der Waals surface area (Å²) in [6, 6.07) is 13.5. The minimum absolute atomic E-state index is 0.131. The second-order valence-electron chi connectivity index (χ2n) is 15.8. The van der Waals surface area contributed by atoms with Crippen LogP contribution in [0.15, 0.2) is 54.9 Å². The average molecular weight is 745 g/mol. The molecule has 3 N–H and O–H groups in total. The highest BCUT2D eigenvalue weighted by Gasteiger charge is 2.40. The smallest absolute Gasteiger partial charge is 0.258 e. The molecule has 4 saturated heterocycles. The van der Waals surface area contributed by atoms with Crippen LogP contribution in [0.3, 0.4) is 0 Å². The van der Waals surface area contributed by atoms with Crippen LogP contribution in [0, 0.1) is 5.92 Å². The Balaban J connectivity index is 0.741. The molecule has 0 saturated carbocycles. The highest BCUT2D eigenvalue weighted by atomic mass is 16.2. The molecule has 5 aliphatic rings. The maximum atomic E-state index is 13.3. The Hall–Kier alpha value is -5.34. The van der Waals surface area contributed by atoms with Crippen molar-refractivity contribution in [1.82, 2.24) is 35.0 Å². The maximum Gasteiger partial charge on any atom is 0.258 e. The van der Waals surface area contributed by atoms with Gasteiger partial charge in [-0.05, 0) is 81.9 Å². The van der Waals surface area contributed by atoms with Crippen molar-refractivity contribution in [3.05, 3.63) is 77.2 Å². The van der Waals surface area contributed by atoms with Gasteiger partial charge in [-0.1, -0.05) is 6.07 Å². The molecule has 8 heterocycles. The number of hydrogen-bond donors (Lipinski definition) is 3. The fourth-order valence-corrected chi connectivity index (χ4v) is 9.24. The summed E-state index contributed by atoms with van der Waals surface area (Å²) in [6.45, 7) is 8.06. The van der Waals surface area contributed by atoms with Gasteiger partial charge >= 0.3 is 0 Å². The fourth-order valence-electron chi connectivity index (χ4n) is 9.24. The molecule has 0 radical (unpaired) electrons. The van der Waals surface area contributed by atoms with Crippen LogP contribution in [-0.2, 0) is 16.1 Å². The van der Waals surface area contributed by atoms with Gasteiger partial charge in [0.25, 0.3) is 11.8 Å². The second-order valence-corrected chi connectivity index (χ2v) is 15.8. The molecule has 2 atom stereocenters. The zero-order valence-electron chi connectivity index (χ0n) is 31.3. The van der Waals surface area contributed by atoms with Crippen LogP contribution in [0.2, 0.25) is 0 Å². The first-order chi connectivity index (χ1) is 26.8. The monoisotopic (exact) mass is 744 g/mol.